The Bertz CT molecular complexity index is 664. The molecule has 24 heavy (non-hydrogen) atoms. The van der Waals surface area contributed by atoms with E-state index in [1.807, 2.05) is 0 Å². The van der Waals surface area contributed by atoms with Crippen molar-refractivity contribution in [2.45, 2.75) is 32.4 Å². The third-order valence-corrected chi connectivity index (χ3v) is 3.99. The molecular weight excluding hydrogens is 304 g/mol. The van der Waals surface area contributed by atoms with Crippen molar-refractivity contribution in [3.63, 3.8) is 0 Å². The lowest BCUT2D eigenvalue weighted by Crippen LogP contribution is -2.32. The topological polar surface area (TPSA) is 76.1 Å². The molecule has 1 atom stereocenters. The van der Waals surface area contributed by atoms with Crippen LogP contribution >= 0.6 is 0 Å². The molecule has 0 saturated carbocycles. The number of benzene rings is 1. The standard InChI is InChI=1S/C18H22N4O2/c1-13-4-6-14(7-5-13)9-20-17-12-19-16(11-21-17)18(23)22-10-15-3-2-8-24-15/h4-7,11-12,15H,2-3,8-10H2,1H3,(H,20,21)(H,22,23). The van der Waals surface area contributed by atoms with Crippen molar-refractivity contribution in [2.75, 3.05) is 18.5 Å². The molecule has 1 saturated heterocycles. The number of carbonyl (C=O) groups excluding carboxylic acids is 1. The van der Waals surface area contributed by atoms with E-state index >= 15 is 0 Å². The normalized spacial score (nSPS) is 16.8. The highest BCUT2D eigenvalue weighted by Gasteiger charge is 2.17. The van der Waals surface area contributed by atoms with Gasteiger partial charge in [-0.3, -0.25) is 4.79 Å². The van der Waals surface area contributed by atoms with Crippen LogP contribution in [-0.4, -0.2) is 35.1 Å². The van der Waals surface area contributed by atoms with Crippen LogP contribution < -0.4 is 10.6 Å². The van der Waals surface area contributed by atoms with Crippen LogP contribution in [-0.2, 0) is 11.3 Å². The van der Waals surface area contributed by atoms with Gasteiger partial charge in [0.2, 0.25) is 0 Å². The molecule has 2 heterocycles. The van der Waals surface area contributed by atoms with Crippen molar-refractivity contribution in [3.8, 4) is 0 Å². The Morgan fingerprint density at radius 3 is 2.75 bits per heavy atom. The summed E-state index contributed by atoms with van der Waals surface area (Å²) in [6.07, 6.45) is 5.24. The van der Waals surface area contributed by atoms with Gasteiger partial charge in [0.05, 0.1) is 18.5 Å². The molecule has 2 N–H and O–H groups in total. The molecule has 1 aromatic carbocycles. The summed E-state index contributed by atoms with van der Waals surface area (Å²) < 4.78 is 5.48. The molecule has 0 radical (unpaired) electrons. The first kappa shape index (κ1) is 16.4. The molecule has 1 aliphatic rings. The largest absolute Gasteiger partial charge is 0.376 e. The third kappa shape index (κ3) is 4.52. The van der Waals surface area contributed by atoms with Crippen molar-refractivity contribution in [3.05, 3.63) is 53.5 Å². The second-order valence-electron chi connectivity index (χ2n) is 5.97. The highest BCUT2D eigenvalue weighted by atomic mass is 16.5. The van der Waals surface area contributed by atoms with E-state index < -0.39 is 0 Å². The highest BCUT2D eigenvalue weighted by Crippen LogP contribution is 2.11. The number of amides is 1. The van der Waals surface area contributed by atoms with E-state index in [2.05, 4.69) is 51.8 Å². The number of hydrogen-bond donors (Lipinski definition) is 2. The van der Waals surface area contributed by atoms with Gasteiger partial charge in [-0.05, 0) is 25.3 Å². The first-order valence-corrected chi connectivity index (χ1v) is 8.22. The smallest absolute Gasteiger partial charge is 0.271 e. The monoisotopic (exact) mass is 326 g/mol. The van der Waals surface area contributed by atoms with Crippen molar-refractivity contribution in [2.24, 2.45) is 0 Å². The number of ether oxygens (including phenoxy) is 1. The van der Waals surface area contributed by atoms with Crippen LogP contribution in [0.15, 0.2) is 36.7 Å². The third-order valence-electron chi connectivity index (χ3n) is 3.99. The average Bonchev–Trinajstić information content (AvgIpc) is 3.13. The summed E-state index contributed by atoms with van der Waals surface area (Å²) >= 11 is 0. The van der Waals surface area contributed by atoms with Gasteiger partial charge >= 0.3 is 0 Å². The summed E-state index contributed by atoms with van der Waals surface area (Å²) in [5, 5.41) is 6.03. The number of carbonyl (C=O) groups is 1. The van der Waals surface area contributed by atoms with Gasteiger partial charge in [0.1, 0.15) is 11.5 Å². The van der Waals surface area contributed by atoms with Crippen LogP contribution in [0.1, 0.15) is 34.5 Å². The van der Waals surface area contributed by atoms with Gasteiger partial charge in [-0.25, -0.2) is 9.97 Å². The number of aromatic nitrogens is 2. The second-order valence-corrected chi connectivity index (χ2v) is 5.97. The SMILES string of the molecule is Cc1ccc(CNc2cnc(C(=O)NCC3CCCO3)cn2)cc1. The van der Waals surface area contributed by atoms with Crippen molar-refractivity contribution in [1.29, 1.82) is 0 Å². The zero-order valence-electron chi connectivity index (χ0n) is 13.8. The molecule has 2 aromatic rings. The van der Waals surface area contributed by atoms with Crippen LogP contribution in [0.2, 0.25) is 0 Å². The number of nitrogens with zero attached hydrogens (tertiary/aromatic N) is 2. The number of hydrogen-bond acceptors (Lipinski definition) is 5. The molecule has 6 heteroatoms. The van der Waals surface area contributed by atoms with E-state index in [1.165, 1.54) is 17.3 Å². The van der Waals surface area contributed by atoms with Gasteiger partial charge in [0, 0.05) is 19.7 Å². The maximum Gasteiger partial charge on any atom is 0.271 e. The summed E-state index contributed by atoms with van der Waals surface area (Å²) in [4.78, 5) is 20.5. The van der Waals surface area contributed by atoms with E-state index in [0.717, 1.165) is 19.4 Å². The molecule has 1 aromatic heterocycles. The van der Waals surface area contributed by atoms with E-state index in [0.29, 0.717) is 24.6 Å². The molecule has 1 amide bonds. The number of rotatable bonds is 6. The van der Waals surface area contributed by atoms with Gasteiger partial charge in [-0.1, -0.05) is 29.8 Å². The fraction of sp³-hybridized carbons (Fsp3) is 0.389. The van der Waals surface area contributed by atoms with E-state index in [4.69, 9.17) is 4.74 Å². The van der Waals surface area contributed by atoms with Crippen LogP contribution in [0.5, 0.6) is 0 Å². The zero-order chi connectivity index (χ0) is 16.8. The van der Waals surface area contributed by atoms with Crippen LogP contribution in [0.3, 0.4) is 0 Å². The molecule has 126 valence electrons. The number of nitrogens with one attached hydrogen (secondary N) is 2. The number of aryl methyl sites for hydroxylation is 1. The van der Waals surface area contributed by atoms with Crippen molar-refractivity contribution < 1.29 is 9.53 Å². The summed E-state index contributed by atoms with van der Waals surface area (Å²) in [5.74, 6) is 0.425. The lowest BCUT2D eigenvalue weighted by molar-refractivity contribution is 0.0853. The fourth-order valence-corrected chi connectivity index (χ4v) is 2.54. The van der Waals surface area contributed by atoms with Gasteiger partial charge in [0.15, 0.2) is 0 Å². The molecular formula is C18H22N4O2. The highest BCUT2D eigenvalue weighted by molar-refractivity contribution is 5.92. The lowest BCUT2D eigenvalue weighted by atomic mass is 10.1. The minimum Gasteiger partial charge on any atom is -0.376 e. The quantitative estimate of drug-likeness (QED) is 0.852. The maximum atomic E-state index is 12.0. The van der Waals surface area contributed by atoms with Crippen LogP contribution in [0, 0.1) is 6.92 Å². The van der Waals surface area contributed by atoms with Crippen molar-refractivity contribution in [1.82, 2.24) is 15.3 Å². The maximum absolute atomic E-state index is 12.0. The zero-order valence-corrected chi connectivity index (χ0v) is 13.8. The lowest BCUT2D eigenvalue weighted by Gasteiger charge is -2.10. The Kier molecular flexibility index (Phi) is 5.38. The van der Waals surface area contributed by atoms with E-state index in [-0.39, 0.29) is 12.0 Å². The minimum absolute atomic E-state index is 0.123. The molecule has 6 nitrogen and oxygen atoms in total. The first-order valence-electron chi connectivity index (χ1n) is 8.22. The molecule has 1 fully saturated rings. The predicted molar refractivity (Wildman–Crippen MR) is 91.8 cm³/mol. The summed E-state index contributed by atoms with van der Waals surface area (Å²) in [7, 11) is 0. The first-order chi connectivity index (χ1) is 11.7. The summed E-state index contributed by atoms with van der Waals surface area (Å²) in [5.41, 5.74) is 2.71. The Balaban J connectivity index is 1.48. The van der Waals surface area contributed by atoms with Gasteiger partial charge in [-0.15, -0.1) is 0 Å². The van der Waals surface area contributed by atoms with Crippen molar-refractivity contribution >= 4 is 11.7 Å². The molecule has 3 rings (SSSR count). The van der Waals surface area contributed by atoms with Gasteiger partial charge < -0.3 is 15.4 Å². The molecule has 1 unspecified atom stereocenters. The van der Waals surface area contributed by atoms with E-state index in [9.17, 15) is 4.79 Å². The summed E-state index contributed by atoms with van der Waals surface area (Å²) in [6, 6.07) is 8.29. The Hall–Kier alpha value is -2.47. The predicted octanol–water partition coefficient (Wildman–Crippen LogP) is 2.31. The molecule has 0 spiro atoms. The second kappa shape index (κ2) is 7.88. The minimum atomic E-state index is -0.219. The Morgan fingerprint density at radius 2 is 2.08 bits per heavy atom. The Morgan fingerprint density at radius 1 is 1.25 bits per heavy atom. The molecule has 0 aliphatic carbocycles. The van der Waals surface area contributed by atoms with E-state index in [1.54, 1.807) is 6.20 Å². The fourth-order valence-electron chi connectivity index (χ4n) is 2.54. The average molecular weight is 326 g/mol. The summed E-state index contributed by atoms with van der Waals surface area (Å²) in [6.45, 7) is 4.03. The van der Waals surface area contributed by atoms with Crippen LogP contribution in [0.25, 0.3) is 0 Å². The number of anilines is 1. The van der Waals surface area contributed by atoms with Gasteiger partial charge in [0.25, 0.3) is 5.91 Å². The Labute approximate surface area is 141 Å². The van der Waals surface area contributed by atoms with Crippen LogP contribution in [0.4, 0.5) is 5.82 Å². The molecule has 0 bridgehead atoms. The van der Waals surface area contributed by atoms with Gasteiger partial charge in [-0.2, -0.15) is 0 Å². The molecule has 1 aliphatic heterocycles.